The van der Waals surface area contributed by atoms with E-state index in [1.807, 2.05) is 54.6 Å². The first kappa shape index (κ1) is 24.2. The zero-order valence-electron chi connectivity index (χ0n) is 21.4. The number of piperazine rings is 1. The Morgan fingerprint density at radius 3 is 2.58 bits per heavy atom. The van der Waals surface area contributed by atoms with Gasteiger partial charge < -0.3 is 25.2 Å². The number of carbonyl (C=O) groups is 1. The average Bonchev–Trinajstić information content (AvgIpc) is 3.37. The maximum Gasteiger partial charge on any atom is 0.255 e. The lowest BCUT2D eigenvalue weighted by Gasteiger charge is -2.32. The number of aromatic hydroxyl groups is 1. The number of imidazole rings is 1. The number of hydrogen-bond donors (Lipinski definition) is 3. The first-order chi connectivity index (χ1) is 18.5. The summed E-state index contributed by atoms with van der Waals surface area (Å²) in [6.45, 7) is 5.56. The molecule has 0 atom stereocenters. The molecular formula is C31H31N5O2. The third-order valence-corrected chi connectivity index (χ3v) is 7.42. The van der Waals surface area contributed by atoms with E-state index in [0.717, 1.165) is 66.6 Å². The van der Waals surface area contributed by atoms with Gasteiger partial charge >= 0.3 is 0 Å². The van der Waals surface area contributed by atoms with Crippen LogP contribution in [0.3, 0.4) is 0 Å². The van der Waals surface area contributed by atoms with Gasteiger partial charge in [-0.1, -0.05) is 42.5 Å². The first-order valence-corrected chi connectivity index (χ1v) is 13.1. The molecule has 7 nitrogen and oxygen atoms in total. The van der Waals surface area contributed by atoms with Crippen molar-refractivity contribution in [2.24, 2.45) is 0 Å². The highest BCUT2D eigenvalue weighted by molar-refractivity contribution is 6.06. The number of carbonyl (C=O) groups excluding carboxylic acids is 1. The Morgan fingerprint density at radius 2 is 1.76 bits per heavy atom. The van der Waals surface area contributed by atoms with Crippen LogP contribution in [0.2, 0.25) is 0 Å². The fourth-order valence-electron chi connectivity index (χ4n) is 5.04. The van der Waals surface area contributed by atoms with Crippen molar-refractivity contribution in [2.45, 2.75) is 6.42 Å². The molecule has 1 saturated heterocycles. The van der Waals surface area contributed by atoms with Crippen molar-refractivity contribution in [1.82, 2.24) is 19.8 Å². The van der Waals surface area contributed by atoms with Gasteiger partial charge in [-0.05, 0) is 60.8 Å². The number of amides is 1. The first-order valence-electron chi connectivity index (χ1n) is 13.1. The van der Waals surface area contributed by atoms with Crippen molar-refractivity contribution in [2.75, 3.05) is 45.1 Å². The Balaban J connectivity index is 1.13. The number of phenols is 1. The molecule has 0 bridgehead atoms. The number of fused-ring (bicyclic) bond motifs is 2. The predicted molar refractivity (Wildman–Crippen MR) is 153 cm³/mol. The molecule has 7 heteroatoms. The molecule has 5 aromatic rings. The van der Waals surface area contributed by atoms with Gasteiger partial charge in [-0.15, -0.1) is 0 Å². The number of likely N-dealkylation sites (N-methyl/N-ethyl adjacent to an activating group) is 1. The van der Waals surface area contributed by atoms with Crippen molar-refractivity contribution < 1.29 is 9.90 Å². The molecule has 0 aliphatic carbocycles. The van der Waals surface area contributed by atoms with Gasteiger partial charge in [-0.3, -0.25) is 4.79 Å². The molecule has 2 heterocycles. The quantitative estimate of drug-likeness (QED) is 0.298. The molecule has 0 saturated carbocycles. The van der Waals surface area contributed by atoms with E-state index in [4.69, 9.17) is 0 Å². The maximum atomic E-state index is 13.0. The highest BCUT2D eigenvalue weighted by Crippen LogP contribution is 2.35. The third-order valence-electron chi connectivity index (χ3n) is 7.42. The number of phenolic OH excluding ortho intramolecular Hbond substituents is 1. The second-order valence-electron chi connectivity index (χ2n) is 10.0. The highest BCUT2D eigenvalue weighted by atomic mass is 16.3. The van der Waals surface area contributed by atoms with E-state index >= 15 is 0 Å². The molecule has 1 aromatic heterocycles. The fourth-order valence-corrected chi connectivity index (χ4v) is 5.04. The summed E-state index contributed by atoms with van der Waals surface area (Å²) in [5, 5.41) is 15.6. The summed E-state index contributed by atoms with van der Waals surface area (Å²) in [5.41, 5.74) is 4.66. The van der Waals surface area contributed by atoms with Crippen LogP contribution >= 0.6 is 0 Å². The zero-order chi connectivity index (χ0) is 26.1. The van der Waals surface area contributed by atoms with Gasteiger partial charge in [0.25, 0.3) is 5.91 Å². The largest absolute Gasteiger partial charge is 0.507 e. The van der Waals surface area contributed by atoms with E-state index < -0.39 is 0 Å². The average molecular weight is 506 g/mol. The summed E-state index contributed by atoms with van der Waals surface area (Å²) >= 11 is 0. The van der Waals surface area contributed by atoms with E-state index in [2.05, 4.69) is 44.3 Å². The van der Waals surface area contributed by atoms with Crippen LogP contribution in [0, 0.1) is 0 Å². The second-order valence-corrected chi connectivity index (χ2v) is 10.0. The van der Waals surface area contributed by atoms with Gasteiger partial charge in [-0.25, -0.2) is 4.98 Å². The molecule has 1 aliphatic rings. The Bertz CT molecular complexity index is 1600. The van der Waals surface area contributed by atoms with Crippen LogP contribution in [0.15, 0.2) is 78.9 Å². The Morgan fingerprint density at radius 1 is 0.974 bits per heavy atom. The number of hydrogen-bond acceptors (Lipinski definition) is 5. The number of aromatic amines is 1. The highest BCUT2D eigenvalue weighted by Gasteiger charge is 2.15. The predicted octanol–water partition coefficient (Wildman–Crippen LogP) is 5.13. The van der Waals surface area contributed by atoms with E-state index in [1.165, 1.54) is 5.56 Å². The molecule has 192 valence electrons. The van der Waals surface area contributed by atoms with Gasteiger partial charge in [0.2, 0.25) is 0 Å². The molecule has 1 aliphatic heterocycles. The lowest BCUT2D eigenvalue weighted by molar-refractivity contribution is 0.102. The van der Waals surface area contributed by atoms with E-state index in [-0.39, 0.29) is 11.7 Å². The molecule has 1 amide bonds. The lowest BCUT2D eigenvalue weighted by atomic mass is 10.1. The second kappa shape index (κ2) is 10.3. The standard InChI is InChI=1S/C31H31N5O2/c1-35-16-18-36(19-17-35)15-14-21-6-10-24(11-7-21)32-31(38)23-9-13-27-28(20-23)34-30(33-27)26-12-8-22-4-2-3-5-25(22)29(26)37/h2-13,20,37H,14-19H2,1H3,(H,32,38)(H,33,34). The summed E-state index contributed by atoms with van der Waals surface area (Å²) < 4.78 is 0. The lowest BCUT2D eigenvalue weighted by Crippen LogP contribution is -2.45. The van der Waals surface area contributed by atoms with Gasteiger partial charge in [0.15, 0.2) is 0 Å². The fraction of sp³-hybridized carbons (Fsp3) is 0.226. The number of nitrogens with one attached hydrogen (secondary N) is 2. The van der Waals surface area contributed by atoms with Crippen LogP contribution < -0.4 is 5.32 Å². The molecule has 0 radical (unpaired) electrons. The topological polar surface area (TPSA) is 84.5 Å². The van der Waals surface area contributed by atoms with Crippen molar-refractivity contribution >= 4 is 33.4 Å². The summed E-state index contributed by atoms with van der Waals surface area (Å²) in [7, 11) is 2.17. The zero-order valence-corrected chi connectivity index (χ0v) is 21.4. The van der Waals surface area contributed by atoms with Crippen LogP contribution in [-0.2, 0) is 6.42 Å². The van der Waals surface area contributed by atoms with Crippen molar-refractivity contribution in [3.8, 4) is 17.1 Å². The summed E-state index contributed by atoms with van der Waals surface area (Å²) in [4.78, 5) is 25.8. The number of nitrogens with zero attached hydrogens (tertiary/aromatic N) is 3. The normalized spacial score (nSPS) is 14.8. The van der Waals surface area contributed by atoms with Crippen LogP contribution in [0.1, 0.15) is 15.9 Å². The Kier molecular flexibility index (Phi) is 6.54. The van der Waals surface area contributed by atoms with Crippen molar-refractivity contribution in [1.29, 1.82) is 0 Å². The molecular weight excluding hydrogens is 474 g/mol. The van der Waals surface area contributed by atoms with Crippen LogP contribution in [-0.4, -0.2) is 70.6 Å². The van der Waals surface area contributed by atoms with E-state index in [9.17, 15) is 9.90 Å². The van der Waals surface area contributed by atoms with Gasteiger partial charge in [0, 0.05) is 49.4 Å². The molecule has 3 N–H and O–H groups in total. The van der Waals surface area contributed by atoms with E-state index in [1.54, 1.807) is 12.1 Å². The molecule has 0 unspecified atom stereocenters. The Labute approximate surface area is 221 Å². The number of benzene rings is 4. The molecule has 0 spiro atoms. The van der Waals surface area contributed by atoms with Crippen LogP contribution in [0.5, 0.6) is 5.75 Å². The number of aromatic nitrogens is 2. The Hall–Kier alpha value is -4.20. The molecule has 38 heavy (non-hydrogen) atoms. The monoisotopic (exact) mass is 505 g/mol. The summed E-state index contributed by atoms with van der Waals surface area (Å²) in [6, 6.07) is 25.0. The summed E-state index contributed by atoms with van der Waals surface area (Å²) in [6.07, 6.45) is 1.00. The third kappa shape index (κ3) is 4.98. The number of rotatable bonds is 6. The van der Waals surface area contributed by atoms with Gasteiger partial charge in [0.1, 0.15) is 11.6 Å². The maximum absolute atomic E-state index is 13.0. The van der Waals surface area contributed by atoms with Crippen molar-refractivity contribution in [3.63, 3.8) is 0 Å². The number of anilines is 1. The minimum absolute atomic E-state index is 0.179. The molecule has 4 aromatic carbocycles. The molecule has 1 fully saturated rings. The SMILES string of the molecule is CN1CCN(CCc2ccc(NC(=O)c3ccc4nc(-c5ccc6ccccc6c5O)[nH]c4c3)cc2)CC1. The smallest absolute Gasteiger partial charge is 0.255 e. The molecule has 6 rings (SSSR count). The summed E-state index contributed by atoms with van der Waals surface area (Å²) in [5.74, 6) is 0.571. The number of H-pyrrole nitrogens is 1. The van der Waals surface area contributed by atoms with E-state index in [0.29, 0.717) is 17.0 Å². The van der Waals surface area contributed by atoms with Gasteiger partial charge in [-0.2, -0.15) is 0 Å². The van der Waals surface area contributed by atoms with Gasteiger partial charge in [0.05, 0.1) is 16.6 Å². The van der Waals surface area contributed by atoms with Crippen LogP contribution in [0.25, 0.3) is 33.2 Å². The van der Waals surface area contributed by atoms with Crippen LogP contribution in [0.4, 0.5) is 5.69 Å². The minimum Gasteiger partial charge on any atom is -0.507 e. The minimum atomic E-state index is -0.179. The van der Waals surface area contributed by atoms with Crippen molar-refractivity contribution in [3.05, 3.63) is 90.0 Å².